The fourth-order valence-corrected chi connectivity index (χ4v) is 7.38. The van der Waals surface area contributed by atoms with Crippen molar-refractivity contribution in [1.82, 2.24) is 14.8 Å². The van der Waals surface area contributed by atoms with Gasteiger partial charge in [-0.1, -0.05) is 38.1 Å². The standard InChI is InChI=1S/C33H39N5O4S/c1-5-34-31-24(3)28(25-9-6-7-10-25)13-15-30(31)43(40,41)36-29-14-12-26(21-23(29)2)33(39)38-19-17-37(18-20-38)22-27-11-8-16-35-32(27)42-4/h5,8,11-16,21,25,36H,1,3,6-7,9-10,17-20,22H2,2,4H3. The predicted octanol–water partition coefficient (Wildman–Crippen LogP) is 5.25. The largest absolute Gasteiger partial charge is 0.481 e. The van der Waals surface area contributed by atoms with Crippen molar-refractivity contribution >= 4 is 27.3 Å². The number of nitrogens with one attached hydrogen (secondary N) is 1. The fraction of sp³-hybridized carbons (Fsp3) is 0.364. The molecule has 1 aromatic carbocycles. The van der Waals surface area contributed by atoms with Gasteiger partial charge in [-0.3, -0.25) is 19.4 Å². The van der Waals surface area contributed by atoms with Gasteiger partial charge in [0.2, 0.25) is 5.88 Å². The highest BCUT2D eigenvalue weighted by Gasteiger charge is 2.32. The quantitative estimate of drug-likeness (QED) is 0.421. The van der Waals surface area contributed by atoms with Crippen LogP contribution in [0, 0.1) is 12.8 Å². The summed E-state index contributed by atoms with van der Waals surface area (Å²) in [5, 5.41) is 0. The van der Waals surface area contributed by atoms with E-state index in [1.807, 2.05) is 23.1 Å². The molecular formula is C33H39N5O4S. The molecule has 3 aliphatic rings. The lowest BCUT2D eigenvalue weighted by Crippen LogP contribution is -2.48. The highest BCUT2D eigenvalue weighted by molar-refractivity contribution is 7.97. The number of nitrogens with zero attached hydrogens (tertiary/aromatic N) is 4. The molecule has 1 N–H and O–H groups in total. The molecule has 226 valence electrons. The second-order valence-electron chi connectivity index (χ2n) is 11.1. The molecule has 10 heteroatoms. The van der Waals surface area contributed by atoms with E-state index in [9.17, 15) is 13.2 Å². The summed E-state index contributed by atoms with van der Waals surface area (Å²) in [5.74, 6) is 0.912. The minimum absolute atomic E-state index is 0.0560. The molecule has 9 nitrogen and oxygen atoms in total. The Kier molecular flexibility index (Phi) is 9.27. The summed E-state index contributed by atoms with van der Waals surface area (Å²) in [7, 11) is -2.37. The first-order valence-electron chi connectivity index (χ1n) is 14.7. The number of hydrogen-bond acceptors (Lipinski definition) is 7. The number of pyridine rings is 1. The van der Waals surface area contributed by atoms with Gasteiger partial charge in [0.25, 0.3) is 15.9 Å². The molecule has 1 aromatic heterocycles. The average Bonchev–Trinajstić information content (AvgIpc) is 3.54. The van der Waals surface area contributed by atoms with Crippen LogP contribution in [0.15, 0.2) is 89.1 Å². The maximum atomic E-state index is 13.6. The molecule has 0 spiro atoms. The minimum Gasteiger partial charge on any atom is -0.481 e. The van der Waals surface area contributed by atoms with Gasteiger partial charge in [-0.05, 0) is 72.7 Å². The van der Waals surface area contributed by atoms with Gasteiger partial charge >= 0.3 is 0 Å². The summed E-state index contributed by atoms with van der Waals surface area (Å²) in [6.45, 7) is 13.0. The number of aromatic nitrogens is 1. The Bertz CT molecular complexity index is 1610. The monoisotopic (exact) mass is 601 g/mol. The molecule has 1 saturated heterocycles. The number of sulfonamides is 1. The lowest BCUT2D eigenvalue weighted by molar-refractivity contribution is 0.0627. The van der Waals surface area contributed by atoms with Crippen LogP contribution in [0.1, 0.15) is 47.2 Å². The van der Waals surface area contributed by atoms with Crippen molar-refractivity contribution in [2.75, 3.05) is 38.0 Å². The first-order valence-corrected chi connectivity index (χ1v) is 16.1. The van der Waals surface area contributed by atoms with Crippen molar-refractivity contribution < 1.29 is 17.9 Å². The lowest BCUT2D eigenvalue weighted by atomic mass is 9.86. The Hall–Kier alpha value is -4.02. The maximum absolute atomic E-state index is 13.6. The molecular weight excluding hydrogens is 562 g/mol. The molecule has 2 fully saturated rings. The van der Waals surface area contributed by atoms with Crippen molar-refractivity contribution in [1.29, 1.82) is 0 Å². The van der Waals surface area contributed by atoms with Gasteiger partial charge in [0.1, 0.15) is 4.91 Å². The highest BCUT2D eigenvalue weighted by Crippen LogP contribution is 2.38. The van der Waals surface area contributed by atoms with Crippen LogP contribution < -0.4 is 9.46 Å². The van der Waals surface area contributed by atoms with E-state index in [1.165, 1.54) is 6.20 Å². The number of hydrogen-bond donors (Lipinski definition) is 1. The third-order valence-electron chi connectivity index (χ3n) is 8.40. The Morgan fingerprint density at radius 1 is 1.16 bits per heavy atom. The lowest BCUT2D eigenvalue weighted by Gasteiger charge is -2.35. The summed E-state index contributed by atoms with van der Waals surface area (Å²) < 4.78 is 35.2. The van der Waals surface area contributed by atoms with Gasteiger partial charge < -0.3 is 9.64 Å². The summed E-state index contributed by atoms with van der Waals surface area (Å²) in [6.07, 6.45) is 11.0. The summed E-state index contributed by atoms with van der Waals surface area (Å²) >= 11 is 0. The Morgan fingerprint density at radius 3 is 2.58 bits per heavy atom. The zero-order valence-corrected chi connectivity index (χ0v) is 25.7. The summed E-state index contributed by atoms with van der Waals surface area (Å²) in [6, 6.07) is 8.95. The number of ether oxygens (including phenoxy) is 1. The van der Waals surface area contributed by atoms with E-state index in [4.69, 9.17) is 4.74 Å². The summed E-state index contributed by atoms with van der Waals surface area (Å²) in [5.41, 5.74) is 4.59. The zero-order valence-electron chi connectivity index (χ0n) is 24.9. The minimum atomic E-state index is -3.99. The number of piperazine rings is 1. The van der Waals surface area contributed by atoms with Gasteiger partial charge in [-0.15, -0.1) is 0 Å². The van der Waals surface area contributed by atoms with Gasteiger partial charge in [0.15, 0.2) is 0 Å². The van der Waals surface area contributed by atoms with Crippen LogP contribution >= 0.6 is 0 Å². The average molecular weight is 602 g/mol. The molecule has 0 atom stereocenters. The van der Waals surface area contributed by atoms with Gasteiger partial charge in [0.05, 0.1) is 18.5 Å². The van der Waals surface area contributed by atoms with E-state index in [0.717, 1.165) is 49.9 Å². The van der Waals surface area contributed by atoms with E-state index >= 15 is 0 Å². The maximum Gasteiger partial charge on any atom is 0.264 e. The van der Waals surface area contributed by atoms with E-state index < -0.39 is 10.0 Å². The number of methoxy groups -OCH3 is 1. The second-order valence-corrected chi connectivity index (χ2v) is 12.8. The van der Waals surface area contributed by atoms with Crippen molar-refractivity contribution in [2.45, 2.75) is 39.2 Å². The number of rotatable bonds is 9. The molecule has 0 bridgehead atoms. The molecule has 2 heterocycles. The molecule has 2 aliphatic carbocycles. The number of amides is 1. The molecule has 2 aromatic rings. The van der Waals surface area contributed by atoms with E-state index in [1.54, 1.807) is 44.5 Å². The molecule has 1 saturated carbocycles. The van der Waals surface area contributed by atoms with Crippen molar-refractivity contribution in [3.8, 4) is 5.88 Å². The smallest absolute Gasteiger partial charge is 0.264 e. The Labute approximate surface area is 254 Å². The van der Waals surface area contributed by atoms with Crippen molar-refractivity contribution in [2.24, 2.45) is 10.9 Å². The van der Waals surface area contributed by atoms with Gasteiger partial charge in [0, 0.05) is 56.2 Å². The fourth-order valence-electron chi connectivity index (χ4n) is 6.07. The van der Waals surface area contributed by atoms with Crippen LogP contribution in [0.5, 0.6) is 5.88 Å². The summed E-state index contributed by atoms with van der Waals surface area (Å²) in [4.78, 5) is 26.1. The molecule has 1 amide bonds. The SMILES string of the molecule is C=CN=C1C(=C)C(C2CCCC2)=CC=C1S(=O)(=O)Nc1ccc(C(=O)N2CCN(Cc3cccnc3OC)CC2)cc1C. The third-order valence-corrected chi connectivity index (χ3v) is 9.80. The number of allylic oxidation sites excluding steroid dienone is 5. The number of anilines is 1. The number of carbonyl (C=O) groups excluding carboxylic acids is 1. The zero-order chi connectivity index (χ0) is 30.6. The topological polar surface area (TPSA) is 104 Å². The van der Waals surface area contributed by atoms with E-state index in [0.29, 0.717) is 59.5 Å². The number of carbonyl (C=O) groups is 1. The van der Waals surface area contributed by atoms with Crippen molar-refractivity contribution in [3.05, 3.63) is 101 Å². The second kappa shape index (κ2) is 13.1. The van der Waals surface area contributed by atoms with Crippen molar-refractivity contribution in [3.63, 3.8) is 0 Å². The van der Waals surface area contributed by atoms with E-state index in [2.05, 4.69) is 32.8 Å². The van der Waals surface area contributed by atoms with Crippen LogP contribution in [0.3, 0.4) is 0 Å². The van der Waals surface area contributed by atoms with Crippen LogP contribution in [-0.2, 0) is 16.6 Å². The predicted molar refractivity (Wildman–Crippen MR) is 171 cm³/mol. The van der Waals surface area contributed by atoms with Crippen LogP contribution in [-0.4, -0.2) is 68.1 Å². The van der Waals surface area contributed by atoms with Crippen LogP contribution in [0.2, 0.25) is 0 Å². The number of aliphatic imine (C=N–C) groups is 1. The van der Waals surface area contributed by atoms with Crippen LogP contribution in [0.4, 0.5) is 5.69 Å². The first-order chi connectivity index (χ1) is 20.7. The molecule has 1 aliphatic heterocycles. The molecule has 0 unspecified atom stereocenters. The first kappa shape index (κ1) is 30.4. The third kappa shape index (κ3) is 6.65. The normalized spacial score (nSPS) is 19.3. The van der Waals surface area contributed by atoms with E-state index in [-0.39, 0.29) is 10.8 Å². The number of aryl methyl sites for hydroxylation is 1. The van der Waals surface area contributed by atoms with Gasteiger partial charge in [-0.2, -0.15) is 0 Å². The molecule has 43 heavy (non-hydrogen) atoms. The number of benzene rings is 1. The Balaban J connectivity index is 1.26. The Morgan fingerprint density at radius 2 is 1.91 bits per heavy atom. The highest BCUT2D eigenvalue weighted by atomic mass is 32.2. The van der Waals surface area contributed by atoms with Gasteiger partial charge in [-0.25, -0.2) is 13.4 Å². The van der Waals surface area contributed by atoms with Crippen LogP contribution in [0.25, 0.3) is 0 Å². The molecule has 0 radical (unpaired) electrons. The molecule has 5 rings (SSSR count).